The van der Waals surface area contributed by atoms with E-state index in [0.29, 0.717) is 21.4 Å². The highest BCUT2D eigenvalue weighted by Crippen LogP contribution is 2.32. The molecule has 0 aliphatic carbocycles. The van der Waals surface area contributed by atoms with Crippen LogP contribution in [0.15, 0.2) is 28.9 Å². The zero-order chi connectivity index (χ0) is 15.7. The van der Waals surface area contributed by atoms with Crippen LogP contribution in [-0.2, 0) is 11.2 Å². The van der Waals surface area contributed by atoms with Gasteiger partial charge in [0.15, 0.2) is 11.6 Å². The fourth-order valence-electron chi connectivity index (χ4n) is 2.10. The van der Waals surface area contributed by atoms with Gasteiger partial charge in [0.1, 0.15) is 0 Å². The van der Waals surface area contributed by atoms with E-state index in [4.69, 9.17) is 4.74 Å². The van der Waals surface area contributed by atoms with Gasteiger partial charge < -0.3 is 4.74 Å². The number of nitrogens with one attached hydrogen (secondary N) is 1. The molecule has 2 aromatic heterocycles. The number of H-pyrrole nitrogens is 1. The average molecular weight is 365 g/mol. The van der Waals surface area contributed by atoms with Gasteiger partial charge in [0.05, 0.1) is 10.7 Å². The minimum Gasteiger partial charge on any atom is -0.422 e. The molecule has 3 aromatic rings. The van der Waals surface area contributed by atoms with Crippen LogP contribution in [0.25, 0.3) is 11.0 Å². The van der Waals surface area contributed by atoms with Crippen molar-refractivity contribution >= 4 is 32.9 Å². The van der Waals surface area contributed by atoms with Gasteiger partial charge in [-0.2, -0.15) is 10.2 Å². The molecule has 112 valence electrons. The predicted octanol–water partition coefficient (Wildman–Crippen LogP) is 2.77. The van der Waals surface area contributed by atoms with Crippen molar-refractivity contribution in [1.82, 2.24) is 20.4 Å². The first-order valence-corrected chi connectivity index (χ1v) is 7.15. The van der Waals surface area contributed by atoms with Crippen molar-refractivity contribution in [3.63, 3.8) is 0 Å². The van der Waals surface area contributed by atoms with E-state index in [1.807, 2.05) is 0 Å². The molecule has 0 fully saturated rings. The second-order valence-corrected chi connectivity index (χ2v) is 5.45. The van der Waals surface area contributed by atoms with E-state index < -0.39 is 11.8 Å². The van der Waals surface area contributed by atoms with E-state index >= 15 is 0 Å². The number of benzene rings is 1. The Kier molecular flexibility index (Phi) is 3.84. The van der Waals surface area contributed by atoms with Crippen LogP contribution >= 0.6 is 15.9 Å². The Balaban J connectivity index is 2.00. The number of esters is 1. The number of carbonyl (C=O) groups is 1. The van der Waals surface area contributed by atoms with E-state index in [2.05, 4.69) is 36.3 Å². The van der Waals surface area contributed by atoms with Crippen molar-refractivity contribution < 1.29 is 13.9 Å². The summed E-state index contributed by atoms with van der Waals surface area (Å²) in [5.41, 5.74) is 1.55. The molecule has 0 spiro atoms. The first-order valence-electron chi connectivity index (χ1n) is 6.36. The first kappa shape index (κ1) is 14.6. The number of hydrogen-bond donors (Lipinski definition) is 1. The zero-order valence-corrected chi connectivity index (χ0v) is 13.0. The van der Waals surface area contributed by atoms with E-state index in [9.17, 15) is 9.18 Å². The topological polar surface area (TPSA) is 80.8 Å². The molecular weight excluding hydrogens is 355 g/mol. The maximum atomic E-state index is 14.5. The Bertz CT molecular complexity index is 865. The van der Waals surface area contributed by atoms with Gasteiger partial charge in [-0.3, -0.25) is 9.89 Å². The van der Waals surface area contributed by atoms with Gasteiger partial charge in [-0.15, -0.1) is 5.10 Å². The number of halogens is 2. The predicted molar refractivity (Wildman–Crippen MR) is 79.9 cm³/mol. The van der Waals surface area contributed by atoms with Crippen LogP contribution in [0.3, 0.4) is 0 Å². The summed E-state index contributed by atoms with van der Waals surface area (Å²) in [5, 5.41) is 15.2. The van der Waals surface area contributed by atoms with Crippen LogP contribution in [-0.4, -0.2) is 26.4 Å². The Morgan fingerprint density at radius 3 is 3.00 bits per heavy atom. The third-order valence-electron chi connectivity index (χ3n) is 3.07. The van der Waals surface area contributed by atoms with Gasteiger partial charge in [0, 0.05) is 24.4 Å². The fraction of sp³-hybridized carbons (Fsp3) is 0.143. The molecule has 0 amide bonds. The maximum Gasteiger partial charge on any atom is 0.308 e. The third kappa shape index (κ3) is 2.69. The highest BCUT2D eigenvalue weighted by atomic mass is 79.9. The van der Waals surface area contributed by atoms with Gasteiger partial charge in [-0.05, 0) is 33.6 Å². The number of ether oxygens (including phenoxy) is 1. The van der Waals surface area contributed by atoms with Crippen LogP contribution in [0.5, 0.6) is 5.75 Å². The molecular formula is C14H10BrFN4O2. The van der Waals surface area contributed by atoms with E-state index in [0.717, 1.165) is 5.39 Å². The molecule has 22 heavy (non-hydrogen) atoms. The largest absolute Gasteiger partial charge is 0.422 e. The van der Waals surface area contributed by atoms with Gasteiger partial charge in [0.25, 0.3) is 0 Å². The highest BCUT2D eigenvalue weighted by molar-refractivity contribution is 9.10. The minimum atomic E-state index is -0.589. The van der Waals surface area contributed by atoms with Crippen molar-refractivity contribution in [3.8, 4) is 5.75 Å². The molecule has 2 heterocycles. The van der Waals surface area contributed by atoms with E-state index in [1.165, 1.54) is 6.92 Å². The summed E-state index contributed by atoms with van der Waals surface area (Å²) >= 11 is 3.17. The molecule has 0 radical (unpaired) electrons. The normalized spacial score (nSPS) is 10.9. The Morgan fingerprint density at radius 2 is 2.23 bits per heavy atom. The number of aromatic nitrogens is 4. The van der Waals surface area contributed by atoms with Crippen molar-refractivity contribution in [2.24, 2.45) is 0 Å². The molecule has 8 heteroatoms. The lowest BCUT2D eigenvalue weighted by Crippen LogP contribution is -2.06. The molecule has 0 saturated carbocycles. The lowest BCUT2D eigenvalue weighted by molar-refractivity contribution is -0.132. The molecule has 1 N–H and O–H groups in total. The zero-order valence-electron chi connectivity index (χ0n) is 11.4. The molecule has 0 saturated heterocycles. The van der Waals surface area contributed by atoms with Gasteiger partial charge in [-0.25, -0.2) is 4.39 Å². The standard InChI is InChI=1S/C14H10BrFN4O2/c1-7(21)22-13-10(15)3-2-8(12(13)16)6-11-9-4-5-17-19-14(9)20-18-11/h2-5H,6H2,1H3,(H,18,19,20). The van der Waals surface area contributed by atoms with Crippen LogP contribution in [0, 0.1) is 5.82 Å². The monoisotopic (exact) mass is 364 g/mol. The number of carbonyl (C=O) groups excluding carboxylic acids is 1. The molecule has 1 aromatic carbocycles. The number of hydrogen-bond acceptors (Lipinski definition) is 5. The summed E-state index contributed by atoms with van der Waals surface area (Å²) in [6, 6.07) is 5.01. The molecule has 0 atom stereocenters. The second-order valence-electron chi connectivity index (χ2n) is 4.59. The number of fused-ring (bicyclic) bond motifs is 1. The molecule has 0 aliphatic heterocycles. The summed E-state index contributed by atoms with van der Waals surface area (Å²) in [4.78, 5) is 11.1. The summed E-state index contributed by atoms with van der Waals surface area (Å²) in [6.45, 7) is 1.22. The van der Waals surface area contributed by atoms with Crippen molar-refractivity contribution in [2.75, 3.05) is 0 Å². The molecule has 0 unspecified atom stereocenters. The summed E-state index contributed by atoms with van der Waals surface area (Å²) < 4.78 is 19.8. The van der Waals surface area contributed by atoms with Crippen molar-refractivity contribution in [2.45, 2.75) is 13.3 Å². The molecule has 0 bridgehead atoms. The van der Waals surface area contributed by atoms with E-state index in [1.54, 1.807) is 24.4 Å². The lowest BCUT2D eigenvalue weighted by atomic mass is 10.1. The Hall–Kier alpha value is -2.35. The SMILES string of the molecule is CC(=O)Oc1c(Br)ccc(Cc2[nH]nc3nnccc23)c1F. The van der Waals surface area contributed by atoms with Crippen LogP contribution < -0.4 is 4.74 Å². The van der Waals surface area contributed by atoms with Gasteiger partial charge in [0.2, 0.25) is 5.65 Å². The van der Waals surface area contributed by atoms with E-state index in [-0.39, 0.29) is 12.2 Å². The maximum absolute atomic E-state index is 14.5. The number of nitrogens with zero attached hydrogens (tertiary/aromatic N) is 3. The second kappa shape index (κ2) is 5.80. The third-order valence-corrected chi connectivity index (χ3v) is 3.69. The summed E-state index contributed by atoms with van der Waals surface area (Å²) in [7, 11) is 0. The van der Waals surface area contributed by atoms with Gasteiger partial charge >= 0.3 is 5.97 Å². The summed E-state index contributed by atoms with van der Waals surface area (Å²) in [6.07, 6.45) is 1.80. The molecule has 0 aliphatic rings. The summed E-state index contributed by atoms with van der Waals surface area (Å²) in [5.74, 6) is -1.29. The average Bonchev–Trinajstić information content (AvgIpc) is 2.89. The van der Waals surface area contributed by atoms with Crippen LogP contribution in [0.4, 0.5) is 4.39 Å². The minimum absolute atomic E-state index is 0.117. The molecule has 6 nitrogen and oxygen atoms in total. The molecule has 3 rings (SSSR count). The smallest absolute Gasteiger partial charge is 0.308 e. The first-order chi connectivity index (χ1) is 10.6. The van der Waals surface area contributed by atoms with Gasteiger partial charge in [-0.1, -0.05) is 6.07 Å². The highest BCUT2D eigenvalue weighted by Gasteiger charge is 2.17. The number of aromatic amines is 1. The van der Waals surface area contributed by atoms with Crippen LogP contribution in [0.2, 0.25) is 0 Å². The van der Waals surface area contributed by atoms with Crippen LogP contribution in [0.1, 0.15) is 18.2 Å². The van der Waals surface area contributed by atoms with Crippen molar-refractivity contribution in [3.05, 3.63) is 45.9 Å². The fourth-order valence-corrected chi connectivity index (χ4v) is 2.48. The quantitative estimate of drug-likeness (QED) is 0.570. The Labute approximate surface area is 132 Å². The number of rotatable bonds is 3. The Morgan fingerprint density at radius 1 is 1.41 bits per heavy atom. The van der Waals surface area contributed by atoms with Crippen molar-refractivity contribution in [1.29, 1.82) is 0 Å². The lowest BCUT2D eigenvalue weighted by Gasteiger charge is -2.09.